The lowest BCUT2D eigenvalue weighted by Gasteiger charge is -2.72. The Bertz CT molecular complexity index is 1280. The van der Waals surface area contributed by atoms with Gasteiger partial charge in [0.05, 0.1) is 43.0 Å². The average molecular weight is 683 g/mol. The third kappa shape index (κ3) is 4.60. The zero-order chi connectivity index (χ0) is 35.4. The summed E-state index contributed by atoms with van der Waals surface area (Å²) < 4.78 is 11.4. The Morgan fingerprint density at radius 3 is 2.19 bits per heavy atom. The van der Waals surface area contributed by atoms with Crippen LogP contribution in [-0.4, -0.2) is 120 Å². The number of hydrogen-bond acceptors (Lipinski definition) is 12. The van der Waals surface area contributed by atoms with E-state index >= 15 is 0 Å². The van der Waals surface area contributed by atoms with Crippen LogP contribution in [0.1, 0.15) is 86.0 Å². The molecule has 5 aliphatic carbocycles. The topological polar surface area (TPSA) is 218 Å². The molecular weight excluding hydrogens is 624 g/mol. The number of allylic oxidation sites excluding steroid dienone is 1. The summed E-state index contributed by atoms with van der Waals surface area (Å²) in [6.07, 6.45) is -3.85. The van der Waals surface area contributed by atoms with E-state index in [9.17, 15) is 50.8 Å². The van der Waals surface area contributed by atoms with Crippen LogP contribution < -0.4 is 0 Å². The van der Waals surface area contributed by atoms with Gasteiger partial charge in [-0.25, -0.2) is 0 Å². The van der Waals surface area contributed by atoms with Gasteiger partial charge in [0, 0.05) is 11.3 Å². The number of carbonyl (C=O) groups excluding carboxylic acids is 1. The minimum Gasteiger partial charge on any atom is -0.432 e. The summed E-state index contributed by atoms with van der Waals surface area (Å²) in [5.41, 5.74) is -4.09. The first-order valence-corrected chi connectivity index (χ1v) is 17.9. The Labute approximate surface area is 282 Å². The van der Waals surface area contributed by atoms with Gasteiger partial charge in [-0.15, -0.1) is 0 Å². The molecule has 0 spiro atoms. The zero-order valence-electron chi connectivity index (χ0n) is 29.0. The van der Waals surface area contributed by atoms with Crippen molar-refractivity contribution in [3.8, 4) is 0 Å². The van der Waals surface area contributed by atoms with Crippen LogP contribution in [-0.2, 0) is 14.3 Å². The smallest absolute Gasteiger partial charge is 0.315 e. The highest BCUT2D eigenvalue weighted by Crippen LogP contribution is 2.76. The van der Waals surface area contributed by atoms with Crippen LogP contribution in [0.5, 0.6) is 0 Å². The van der Waals surface area contributed by atoms with Gasteiger partial charge < -0.3 is 55.4 Å². The average Bonchev–Trinajstić information content (AvgIpc) is 3.04. The Kier molecular flexibility index (Phi) is 9.10. The third-order valence-electron chi connectivity index (χ3n) is 15.7. The standard InChI is InChI=1S/C36H58O12/c1-18-8-11-35(30(45)48-29-26(43)25(42)24(41)21(15-37)47-29)13-12-32(3)19(27(35)34(18,5)46)6-7-22-31(2)14-20(40)28(44)36(16-38,17-39)23(31)9-10-33(22,32)4/h6,18,20-29,37-44,46H,7-17H2,1-5H3/t18-,20-,21-,22?,23?,24-,25+,26-,27-,28+,29+,31-,32-,33-,34-,35+/m1/s1. The molecule has 1 aliphatic heterocycles. The Balaban J connectivity index is 1.40. The lowest BCUT2D eigenvalue weighted by Crippen LogP contribution is -2.70. The quantitative estimate of drug-likeness (QED) is 0.142. The molecule has 5 fully saturated rings. The van der Waals surface area contributed by atoms with Crippen LogP contribution in [0.3, 0.4) is 0 Å². The number of hydrogen-bond donors (Lipinski definition) is 9. The van der Waals surface area contributed by atoms with Crippen LogP contribution in [0, 0.1) is 50.7 Å². The van der Waals surface area contributed by atoms with Gasteiger partial charge in [0.25, 0.3) is 0 Å². The molecule has 6 rings (SSSR count). The lowest BCUT2D eigenvalue weighted by atomic mass is 9.32. The first-order chi connectivity index (χ1) is 22.4. The number of aliphatic hydroxyl groups is 9. The van der Waals surface area contributed by atoms with Crippen molar-refractivity contribution in [2.75, 3.05) is 19.8 Å². The molecule has 16 atom stereocenters. The summed E-state index contributed by atoms with van der Waals surface area (Å²) in [5, 5.41) is 96.9. The van der Waals surface area contributed by atoms with E-state index in [4.69, 9.17) is 9.47 Å². The molecule has 9 N–H and O–H groups in total. The SMILES string of the molecule is C[C@@H]1CC[C@]2(C(=O)O[C@@H]3O[C@H](CO)[C@@H](O)[C@H](O)[C@H]3O)CC[C@]3(C)C(=CCC4[C@@]5(C)C[C@@H](O)[C@H](O)C(CO)(CO)C5CC[C@]43C)[C@@H]2[C@]1(C)O. The molecule has 0 bridgehead atoms. The molecule has 12 nitrogen and oxygen atoms in total. The molecule has 6 aliphatic rings. The molecule has 274 valence electrons. The van der Waals surface area contributed by atoms with Crippen molar-refractivity contribution in [2.24, 2.45) is 50.7 Å². The van der Waals surface area contributed by atoms with Crippen LogP contribution in [0.4, 0.5) is 0 Å². The monoisotopic (exact) mass is 682 g/mol. The number of rotatable bonds is 5. The van der Waals surface area contributed by atoms with Gasteiger partial charge in [-0.05, 0) is 92.3 Å². The summed E-state index contributed by atoms with van der Waals surface area (Å²) in [6, 6.07) is 0. The van der Waals surface area contributed by atoms with E-state index in [0.29, 0.717) is 44.9 Å². The summed E-state index contributed by atoms with van der Waals surface area (Å²) in [4.78, 5) is 14.5. The van der Waals surface area contributed by atoms with E-state index in [2.05, 4.69) is 26.8 Å². The maximum absolute atomic E-state index is 14.5. The van der Waals surface area contributed by atoms with E-state index in [1.165, 1.54) is 0 Å². The first kappa shape index (κ1) is 36.6. The van der Waals surface area contributed by atoms with E-state index in [1.807, 2.05) is 6.92 Å². The van der Waals surface area contributed by atoms with Gasteiger partial charge >= 0.3 is 5.97 Å². The molecule has 0 radical (unpaired) electrons. The second-order valence-electron chi connectivity index (χ2n) is 17.4. The van der Waals surface area contributed by atoms with Crippen molar-refractivity contribution in [3.63, 3.8) is 0 Å². The number of fused-ring (bicyclic) bond motifs is 7. The van der Waals surface area contributed by atoms with Crippen LogP contribution in [0.15, 0.2) is 11.6 Å². The van der Waals surface area contributed by atoms with E-state index in [1.54, 1.807) is 6.92 Å². The molecule has 0 aromatic carbocycles. The van der Waals surface area contributed by atoms with Crippen LogP contribution in [0.2, 0.25) is 0 Å². The normalized spacial score (nSPS) is 54.5. The fourth-order valence-corrected chi connectivity index (χ4v) is 12.4. The first-order valence-electron chi connectivity index (χ1n) is 17.9. The maximum atomic E-state index is 14.5. The van der Waals surface area contributed by atoms with Gasteiger partial charge in [0.15, 0.2) is 0 Å². The Morgan fingerprint density at radius 2 is 1.56 bits per heavy atom. The van der Waals surface area contributed by atoms with Gasteiger partial charge in [0.2, 0.25) is 6.29 Å². The second kappa shape index (κ2) is 11.9. The van der Waals surface area contributed by atoms with Gasteiger partial charge in [-0.2, -0.15) is 0 Å². The molecule has 0 aromatic rings. The van der Waals surface area contributed by atoms with Gasteiger partial charge in [0.1, 0.15) is 24.4 Å². The molecule has 1 heterocycles. The van der Waals surface area contributed by atoms with Crippen molar-refractivity contribution in [3.05, 3.63) is 11.6 Å². The number of ether oxygens (including phenoxy) is 2. The van der Waals surface area contributed by atoms with Crippen LogP contribution >= 0.6 is 0 Å². The molecule has 2 unspecified atom stereocenters. The highest BCUT2D eigenvalue weighted by Gasteiger charge is 2.73. The number of carbonyl (C=O) groups is 1. The molecular formula is C36H58O12. The maximum Gasteiger partial charge on any atom is 0.315 e. The predicted octanol–water partition coefficient (Wildman–Crippen LogP) is 0.379. The molecule has 0 amide bonds. The second-order valence-corrected chi connectivity index (χ2v) is 17.4. The summed E-state index contributed by atoms with van der Waals surface area (Å²) >= 11 is 0. The fourth-order valence-electron chi connectivity index (χ4n) is 12.4. The van der Waals surface area contributed by atoms with E-state index in [-0.39, 0.29) is 23.2 Å². The molecule has 1 saturated heterocycles. The molecule has 4 saturated carbocycles. The highest BCUT2D eigenvalue weighted by molar-refractivity contribution is 5.79. The van der Waals surface area contributed by atoms with E-state index in [0.717, 1.165) is 12.0 Å². The lowest BCUT2D eigenvalue weighted by molar-refractivity contribution is -0.299. The summed E-state index contributed by atoms with van der Waals surface area (Å²) in [6.45, 7) is 8.85. The Hall–Kier alpha value is -1.19. The predicted molar refractivity (Wildman–Crippen MR) is 171 cm³/mol. The minimum absolute atomic E-state index is 0.0108. The number of esters is 1. The number of aliphatic hydroxyl groups excluding tert-OH is 8. The zero-order valence-corrected chi connectivity index (χ0v) is 29.0. The summed E-state index contributed by atoms with van der Waals surface area (Å²) in [5.74, 6) is -1.67. The van der Waals surface area contributed by atoms with E-state index < -0.39 is 102 Å². The third-order valence-corrected chi connectivity index (χ3v) is 15.7. The Morgan fingerprint density at radius 1 is 0.896 bits per heavy atom. The van der Waals surface area contributed by atoms with Gasteiger partial charge in [-0.3, -0.25) is 4.79 Å². The van der Waals surface area contributed by atoms with Crippen molar-refractivity contribution in [1.82, 2.24) is 0 Å². The van der Waals surface area contributed by atoms with Crippen molar-refractivity contribution in [1.29, 1.82) is 0 Å². The molecule has 48 heavy (non-hydrogen) atoms. The van der Waals surface area contributed by atoms with Crippen molar-refractivity contribution >= 4 is 5.97 Å². The van der Waals surface area contributed by atoms with Crippen molar-refractivity contribution in [2.45, 2.75) is 135 Å². The highest BCUT2D eigenvalue weighted by atomic mass is 16.7. The molecule has 0 aromatic heterocycles. The van der Waals surface area contributed by atoms with Crippen molar-refractivity contribution < 1.29 is 60.2 Å². The minimum atomic E-state index is -1.74. The van der Waals surface area contributed by atoms with Crippen LogP contribution in [0.25, 0.3) is 0 Å². The molecule has 12 heteroatoms. The largest absolute Gasteiger partial charge is 0.432 e. The summed E-state index contributed by atoms with van der Waals surface area (Å²) in [7, 11) is 0. The van der Waals surface area contributed by atoms with Gasteiger partial charge in [-0.1, -0.05) is 39.3 Å². The fraction of sp³-hybridized carbons (Fsp3) is 0.917.